The molecule has 1 amide bonds. The number of benzene rings is 1. The van der Waals surface area contributed by atoms with Gasteiger partial charge in [0, 0.05) is 29.4 Å². The number of amides is 1. The molecule has 1 aromatic carbocycles. The van der Waals surface area contributed by atoms with Crippen molar-refractivity contribution in [1.29, 1.82) is 0 Å². The van der Waals surface area contributed by atoms with Gasteiger partial charge >= 0.3 is 0 Å². The first kappa shape index (κ1) is 20.9. The lowest BCUT2D eigenvalue weighted by Crippen LogP contribution is -2.39. The maximum atomic E-state index is 13.2. The number of H-pyrrole nitrogens is 1. The van der Waals surface area contributed by atoms with Gasteiger partial charge in [-0.25, -0.2) is 0 Å². The summed E-state index contributed by atoms with van der Waals surface area (Å²) in [7, 11) is 0. The third kappa shape index (κ3) is 3.84. The predicted molar refractivity (Wildman–Crippen MR) is 112 cm³/mol. The van der Waals surface area contributed by atoms with Crippen LogP contribution in [0, 0.1) is 13.8 Å². The van der Waals surface area contributed by atoms with E-state index in [0.29, 0.717) is 40.6 Å². The first-order chi connectivity index (χ1) is 13.2. The van der Waals surface area contributed by atoms with Gasteiger partial charge in [-0.2, -0.15) is 0 Å². The number of nitrogens with one attached hydrogen (secondary N) is 1. The number of halogens is 2. The Kier molecular flexibility index (Phi) is 6.18. The number of nitrogens with zero attached hydrogens (tertiary/aromatic N) is 1. The van der Waals surface area contributed by atoms with E-state index in [0.717, 1.165) is 22.4 Å². The summed E-state index contributed by atoms with van der Waals surface area (Å²) in [4.78, 5) is 30.0. The van der Waals surface area contributed by atoms with Crippen LogP contribution in [0.1, 0.15) is 57.6 Å². The van der Waals surface area contributed by atoms with E-state index in [1.165, 1.54) is 0 Å². The Morgan fingerprint density at radius 1 is 1.25 bits per heavy atom. The molecule has 150 valence electrons. The zero-order valence-corrected chi connectivity index (χ0v) is 17.7. The van der Waals surface area contributed by atoms with E-state index >= 15 is 0 Å². The van der Waals surface area contributed by atoms with Crippen LogP contribution in [0.5, 0.6) is 0 Å². The van der Waals surface area contributed by atoms with E-state index in [-0.39, 0.29) is 30.5 Å². The van der Waals surface area contributed by atoms with Crippen molar-refractivity contribution in [2.75, 3.05) is 13.2 Å². The molecule has 5 nitrogen and oxygen atoms in total. The van der Waals surface area contributed by atoms with E-state index < -0.39 is 0 Å². The van der Waals surface area contributed by atoms with Gasteiger partial charge in [-0.1, -0.05) is 30.1 Å². The largest absolute Gasteiger partial charge is 0.396 e. The number of carbonyl (C=O) groups excluding carboxylic acids is 1. The van der Waals surface area contributed by atoms with Crippen LogP contribution in [-0.4, -0.2) is 34.0 Å². The smallest absolute Gasteiger partial charge is 0.256 e. The second kappa shape index (κ2) is 8.27. The topological polar surface area (TPSA) is 73.4 Å². The van der Waals surface area contributed by atoms with E-state index in [1.807, 2.05) is 26.8 Å². The summed E-state index contributed by atoms with van der Waals surface area (Å²) in [6, 6.07) is 3.71. The standard InChI is InChI=1S/C21H24Cl2N2O3/c1-11(5-7-26)15-9-17(22)14-4-6-25(21(28)18(14)19(15)23)10-16-12(2)8-13(3)24-20(16)27/h8-9,11,26H,4-7,10H2,1-3H3,(H,24,27). The molecule has 0 radical (unpaired) electrons. The monoisotopic (exact) mass is 422 g/mol. The van der Waals surface area contributed by atoms with Crippen molar-refractivity contribution in [3.8, 4) is 0 Å². The molecule has 7 heteroatoms. The summed E-state index contributed by atoms with van der Waals surface area (Å²) in [5.74, 6) is -0.240. The van der Waals surface area contributed by atoms with Crippen molar-refractivity contribution in [2.24, 2.45) is 0 Å². The van der Waals surface area contributed by atoms with E-state index in [1.54, 1.807) is 11.0 Å². The number of aliphatic hydroxyl groups is 1. The van der Waals surface area contributed by atoms with Crippen LogP contribution in [0.25, 0.3) is 0 Å². The zero-order chi connectivity index (χ0) is 20.6. The molecular weight excluding hydrogens is 399 g/mol. The maximum Gasteiger partial charge on any atom is 0.256 e. The molecule has 2 aromatic rings. The molecular formula is C21H24Cl2N2O3. The van der Waals surface area contributed by atoms with E-state index in [9.17, 15) is 14.7 Å². The van der Waals surface area contributed by atoms with Crippen molar-refractivity contribution in [1.82, 2.24) is 9.88 Å². The minimum absolute atomic E-state index is 0.0225. The van der Waals surface area contributed by atoms with Crippen molar-refractivity contribution in [3.63, 3.8) is 0 Å². The highest BCUT2D eigenvalue weighted by molar-refractivity contribution is 6.37. The molecule has 0 aliphatic carbocycles. The number of carbonyl (C=O) groups is 1. The normalized spacial score (nSPS) is 14.9. The van der Waals surface area contributed by atoms with Gasteiger partial charge in [-0.15, -0.1) is 0 Å². The molecule has 1 unspecified atom stereocenters. The van der Waals surface area contributed by atoms with Gasteiger partial charge < -0.3 is 15.0 Å². The van der Waals surface area contributed by atoms with Crippen molar-refractivity contribution < 1.29 is 9.90 Å². The highest BCUT2D eigenvalue weighted by atomic mass is 35.5. The van der Waals surface area contributed by atoms with Gasteiger partial charge in [0.25, 0.3) is 11.5 Å². The van der Waals surface area contributed by atoms with Crippen LogP contribution >= 0.6 is 23.2 Å². The van der Waals surface area contributed by atoms with E-state index in [4.69, 9.17) is 23.2 Å². The Hall–Kier alpha value is -1.82. The Morgan fingerprint density at radius 2 is 1.96 bits per heavy atom. The van der Waals surface area contributed by atoms with Crippen LogP contribution in [0.3, 0.4) is 0 Å². The van der Waals surface area contributed by atoms with Crippen LogP contribution in [-0.2, 0) is 13.0 Å². The summed E-state index contributed by atoms with van der Waals surface area (Å²) >= 11 is 13.1. The second-order valence-corrected chi connectivity index (χ2v) is 8.23. The molecule has 0 saturated carbocycles. The molecule has 1 aliphatic rings. The number of hydrogen-bond acceptors (Lipinski definition) is 3. The molecule has 1 atom stereocenters. The molecule has 0 spiro atoms. The average molecular weight is 423 g/mol. The minimum atomic E-state index is -0.217. The summed E-state index contributed by atoms with van der Waals surface area (Å²) in [5.41, 5.74) is 3.98. The first-order valence-corrected chi connectivity index (χ1v) is 10.1. The van der Waals surface area contributed by atoms with Crippen LogP contribution < -0.4 is 5.56 Å². The predicted octanol–water partition coefficient (Wildman–Crippen LogP) is 3.98. The fourth-order valence-electron chi connectivity index (χ4n) is 3.78. The second-order valence-electron chi connectivity index (χ2n) is 7.45. The third-order valence-corrected chi connectivity index (χ3v) is 6.16. The third-order valence-electron chi connectivity index (χ3n) is 5.41. The van der Waals surface area contributed by atoms with E-state index in [2.05, 4.69) is 4.98 Å². The Labute approximate surface area is 174 Å². The zero-order valence-electron chi connectivity index (χ0n) is 16.2. The fraction of sp³-hybridized carbons (Fsp3) is 0.429. The summed E-state index contributed by atoms with van der Waals surface area (Å²) in [6.07, 6.45) is 1.11. The molecule has 2 N–H and O–H groups in total. The van der Waals surface area contributed by atoms with Crippen LogP contribution in [0.15, 0.2) is 16.9 Å². The highest BCUT2D eigenvalue weighted by Gasteiger charge is 2.31. The highest BCUT2D eigenvalue weighted by Crippen LogP contribution is 2.38. The van der Waals surface area contributed by atoms with Gasteiger partial charge in [0.05, 0.1) is 17.1 Å². The molecule has 0 bridgehead atoms. The molecule has 0 fully saturated rings. The Bertz CT molecular complexity index is 985. The van der Waals surface area contributed by atoms with Crippen molar-refractivity contribution in [3.05, 3.63) is 66.0 Å². The number of aromatic amines is 1. The molecule has 1 aliphatic heterocycles. The first-order valence-electron chi connectivity index (χ1n) is 9.34. The van der Waals surface area contributed by atoms with Crippen molar-refractivity contribution >= 4 is 29.1 Å². The van der Waals surface area contributed by atoms with Crippen LogP contribution in [0.2, 0.25) is 10.0 Å². The maximum absolute atomic E-state index is 13.2. The number of aliphatic hydroxyl groups excluding tert-OH is 1. The van der Waals surface area contributed by atoms with Gasteiger partial charge in [-0.05, 0) is 61.4 Å². The lowest BCUT2D eigenvalue weighted by atomic mass is 9.90. The van der Waals surface area contributed by atoms with Gasteiger partial charge in [0.15, 0.2) is 0 Å². The molecule has 0 saturated heterocycles. The number of pyridine rings is 1. The van der Waals surface area contributed by atoms with Gasteiger partial charge in [0.1, 0.15) is 0 Å². The summed E-state index contributed by atoms with van der Waals surface area (Å²) < 4.78 is 0. The van der Waals surface area contributed by atoms with Gasteiger partial charge in [-0.3, -0.25) is 9.59 Å². The van der Waals surface area contributed by atoms with Crippen LogP contribution in [0.4, 0.5) is 0 Å². The molecule has 28 heavy (non-hydrogen) atoms. The number of hydrogen-bond donors (Lipinski definition) is 2. The SMILES string of the molecule is Cc1cc(C)c(CN2CCc3c(Cl)cc(C(C)CCO)c(Cl)c3C2=O)c(=O)[nH]1. The lowest BCUT2D eigenvalue weighted by molar-refractivity contribution is 0.0726. The summed E-state index contributed by atoms with van der Waals surface area (Å²) in [6.45, 7) is 6.38. The summed E-state index contributed by atoms with van der Waals surface area (Å²) in [5, 5.41) is 10.2. The quantitative estimate of drug-likeness (QED) is 0.764. The molecule has 1 aromatic heterocycles. The fourth-order valence-corrected chi connectivity index (χ4v) is 4.53. The Balaban J connectivity index is 2.00. The molecule has 2 heterocycles. The Morgan fingerprint density at radius 3 is 2.61 bits per heavy atom. The minimum Gasteiger partial charge on any atom is -0.396 e. The number of aryl methyl sites for hydroxylation is 2. The lowest BCUT2D eigenvalue weighted by Gasteiger charge is -2.31. The molecule has 3 rings (SSSR count). The van der Waals surface area contributed by atoms with Crippen molar-refractivity contribution in [2.45, 2.75) is 46.1 Å². The average Bonchev–Trinajstić information content (AvgIpc) is 2.62. The number of fused-ring (bicyclic) bond motifs is 1. The number of aromatic nitrogens is 1. The number of rotatable bonds is 5. The van der Waals surface area contributed by atoms with Gasteiger partial charge in [0.2, 0.25) is 0 Å².